The Hall–Kier alpha value is -1.13. The number of ether oxygens (including phenoxy) is 2. The summed E-state index contributed by atoms with van der Waals surface area (Å²) in [5.41, 5.74) is 6.42. The molecule has 4 nitrogen and oxygen atoms in total. The fourth-order valence-corrected chi connectivity index (χ4v) is 2.26. The van der Waals surface area contributed by atoms with Crippen LogP contribution in [0.3, 0.4) is 0 Å². The highest BCUT2D eigenvalue weighted by atomic mass is 16.5. The van der Waals surface area contributed by atoms with Crippen LogP contribution in [0.25, 0.3) is 0 Å². The minimum Gasteiger partial charge on any atom is -0.490 e. The normalized spacial score (nSPS) is 24.6. The zero-order chi connectivity index (χ0) is 12.1. The van der Waals surface area contributed by atoms with Crippen LogP contribution in [-0.4, -0.2) is 24.3 Å². The molecule has 1 fully saturated rings. The summed E-state index contributed by atoms with van der Waals surface area (Å²) >= 11 is 0. The maximum absolute atomic E-state index is 5.95. The highest BCUT2D eigenvalue weighted by molar-refractivity contribution is 5.22. The van der Waals surface area contributed by atoms with Gasteiger partial charge in [0.2, 0.25) is 0 Å². The van der Waals surface area contributed by atoms with E-state index in [2.05, 4.69) is 4.98 Å². The Morgan fingerprint density at radius 1 is 1.41 bits per heavy atom. The topological polar surface area (TPSA) is 57.4 Å². The summed E-state index contributed by atoms with van der Waals surface area (Å²) in [7, 11) is 1.77. The van der Waals surface area contributed by atoms with Gasteiger partial charge in [0.25, 0.3) is 0 Å². The van der Waals surface area contributed by atoms with Gasteiger partial charge in [0.1, 0.15) is 11.9 Å². The van der Waals surface area contributed by atoms with Crippen LogP contribution < -0.4 is 10.5 Å². The molecule has 2 atom stereocenters. The van der Waals surface area contributed by atoms with Gasteiger partial charge >= 0.3 is 0 Å². The monoisotopic (exact) mass is 236 g/mol. The van der Waals surface area contributed by atoms with E-state index < -0.39 is 0 Å². The van der Waals surface area contributed by atoms with Gasteiger partial charge in [-0.2, -0.15) is 0 Å². The van der Waals surface area contributed by atoms with Crippen molar-refractivity contribution in [2.75, 3.05) is 7.11 Å². The van der Waals surface area contributed by atoms with E-state index >= 15 is 0 Å². The van der Waals surface area contributed by atoms with Gasteiger partial charge in [-0.05, 0) is 25.3 Å². The largest absolute Gasteiger partial charge is 0.490 e. The third-order valence-corrected chi connectivity index (χ3v) is 3.21. The van der Waals surface area contributed by atoms with E-state index in [0.29, 0.717) is 12.6 Å². The van der Waals surface area contributed by atoms with E-state index in [1.54, 1.807) is 13.3 Å². The first-order valence-electron chi connectivity index (χ1n) is 6.16. The summed E-state index contributed by atoms with van der Waals surface area (Å²) in [5.74, 6) is 0.863. The Labute approximate surface area is 102 Å². The predicted octanol–water partition coefficient (Wildman–Crippen LogP) is 1.88. The molecule has 1 saturated carbocycles. The average molecular weight is 236 g/mol. The molecule has 1 aromatic rings. The highest BCUT2D eigenvalue weighted by Gasteiger charge is 2.23. The first kappa shape index (κ1) is 12.3. The maximum Gasteiger partial charge on any atom is 0.123 e. The van der Waals surface area contributed by atoms with Crippen LogP contribution in [0.2, 0.25) is 0 Å². The number of aromatic nitrogens is 1. The highest BCUT2D eigenvalue weighted by Crippen LogP contribution is 2.25. The number of pyridine rings is 1. The van der Waals surface area contributed by atoms with Crippen LogP contribution >= 0.6 is 0 Å². The van der Waals surface area contributed by atoms with Crippen molar-refractivity contribution < 1.29 is 9.47 Å². The number of rotatable bonds is 4. The smallest absolute Gasteiger partial charge is 0.123 e. The predicted molar refractivity (Wildman–Crippen MR) is 65.8 cm³/mol. The molecule has 0 bridgehead atoms. The van der Waals surface area contributed by atoms with E-state index in [0.717, 1.165) is 37.1 Å². The van der Waals surface area contributed by atoms with Gasteiger partial charge in [-0.1, -0.05) is 0 Å². The fraction of sp³-hybridized carbons (Fsp3) is 0.615. The lowest BCUT2D eigenvalue weighted by molar-refractivity contribution is 0.0209. The molecule has 0 aliphatic heterocycles. The molecule has 0 amide bonds. The summed E-state index contributed by atoms with van der Waals surface area (Å²) in [5, 5.41) is 0. The molecule has 0 spiro atoms. The maximum atomic E-state index is 5.95. The second-order valence-electron chi connectivity index (χ2n) is 4.45. The van der Waals surface area contributed by atoms with Crippen molar-refractivity contribution in [3.8, 4) is 5.75 Å². The molecule has 94 valence electrons. The van der Waals surface area contributed by atoms with Crippen molar-refractivity contribution in [3.05, 3.63) is 24.0 Å². The summed E-state index contributed by atoms with van der Waals surface area (Å²) in [6, 6.07) is 3.80. The van der Waals surface area contributed by atoms with Gasteiger partial charge in [-0.25, -0.2) is 0 Å². The van der Waals surface area contributed by atoms with Crippen molar-refractivity contribution in [2.24, 2.45) is 5.73 Å². The molecule has 0 radical (unpaired) electrons. The van der Waals surface area contributed by atoms with Crippen LogP contribution in [0.1, 0.15) is 31.4 Å². The zero-order valence-electron chi connectivity index (χ0n) is 10.3. The Balaban J connectivity index is 1.95. The van der Waals surface area contributed by atoms with Crippen LogP contribution in [0.4, 0.5) is 0 Å². The first-order chi connectivity index (χ1) is 8.31. The van der Waals surface area contributed by atoms with Crippen LogP contribution in [-0.2, 0) is 11.3 Å². The van der Waals surface area contributed by atoms with Gasteiger partial charge in [-0.3, -0.25) is 4.98 Å². The lowest BCUT2D eigenvalue weighted by Crippen LogP contribution is -2.29. The van der Waals surface area contributed by atoms with Gasteiger partial charge in [0, 0.05) is 32.3 Å². The van der Waals surface area contributed by atoms with Gasteiger partial charge < -0.3 is 15.2 Å². The minimum atomic E-state index is 0.252. The van der Waals surface area contributed by atoms with Crippen molar-refractivity contribution in [3.63, 3.8) is 0 Å². The van der Waals surface area contributed by atoms with Crippen molar-refractivity contribution in [1.82, 2.24) is 4.98 Å². The Bertz CT molecular complexity index is 357. The third-order valence-electron chi connectivity index (χ3n) is 3.21. The molecule has 1 aliphatic rings. The third kappa shape index (κ3) is 3.41. The summed E-state index contributed by atoms with van der Waals surface area (Å²) in [4.78, 5) is 4.15. The van der Waals surface area contributed by atoms with Gasteiger partial charge in [-0.15, -0.1) is 0 Å². The summed E-state index contributed by atoms with van der Waals surface area (Å²) < 4.78 is 11.3. The average Bonchev–Trinajstić information content (AvgIpc) is 2.39. The SMILES string of the molecule is COC1CCCC(Oc2ccnc(CN)c2)C1. The first-order valence-corrected chi connectivity index (χ1v) is 6.16. The number of hydrogen-bond donors (Lipinski definition) is 1. The molecule has 2 N–H and O–H groups in total. The fourth-order valence-electron chi connectivity index (χ4n) is 2.26. The van der Waals surface area contributed by atoms with E-state index in [9.17, 15) is 0 Å². The molecule has 1 aliphatic carbocycles. The molecular weight excluding hydrogens is 216 g/mol. The second kappa shape index (κ2) is 5.98. The summed E-state index contributed by atoms with van der Waals surface area (Å²) in [6.45, 7) is 0.447. The number of nitrogens with zero attached hydrogens (tertiary/aromatic N) is 1. The molecular formula is C13H20N2O2. The quantitative estimate of drug-likeness (QED) is 0.867. The molecule has 2 unspecified atom stereocenters. The summed E-state index contributed by atoms with van der Waals surface area (Å²) in [6.07, 6.45) is 6.70. The van der Waals surface area contributed by atoms with Gasteiger partial charge in [0.15, 0.2) is 0 Å². The van der Waals surface area contributed by atoms with Crippen LogP contribution in [0.15, 0.2) is 18.3 Å². The molecule has 1 heterocycles. The van der Waals surface area contributed by atoms with Crippen molar-refractivity contribution in [1.29, 1.82) is 0 Å². The number of hydrogen-bond acceptors (Lipinski definition) is 4. The van der Waals surface area contributed by atoms with Crippen LogP contribution in [0, 0.1) is 0 Å². The second-order valence-corrected chi connectivity index (χ2v) is 4.45. The van der Waals surface area contributed by atoms with Crippen molar-refractivity contribution in [2.45, 2.75) is 44.4 Å². The molecule has 0 aromatic carbocycles. The zero-order valence-corrected chi connectivity index (χ0v) is 10.3. The number of nitrogens with two attached hydrogens (primary N) is 1. The van der Waals surface area contributed by atoms with E-state index in [1.807, 2.05) is 12.1 Å². The van der Waals surface area contributed by atoms with Crippen LogP contribution in [0.5, 0.6) is 5.75 Å². The molecule has 1 aromatic heterocycles. The standard InChI is InChI=1S/C13H20N2O2/c1-16-11-3-2-4-12(8-11)17-13-5-6-15-10(7-13)9-14/h5-7,11-12H,2-4,8-9,14H2,1H3. The Morgan fingerprint density at radius 3 is 3.00 bits per heavy atom. The number of methoxy groups -OCH3 is 1. The van der Waals surface area contributed by atoms with E-state index in [4.69, 9.17) is 15.2 Å². The lowest BCUT2D eigenvalue weighted by atomic mass is 9.95. The molecule has 17 heavy (non-hydrogen) atoms. The molecule has 4 heteroatoms. The van der Waals surface area contributed by atoms with E-state index in [-0.39, 0.29) is 6.10 Å². The lowest BCUT2D eigenvalue weighted by Gasteiger charge is -2.28. The van der Waals surface area contributed by atoms with Crippen molar-refractivity contribution >= 4 is 0 Å². The minimum absolute atomic E-state index is 0.252. The Kier molecular flexibility index (Phi) is 4.34. The Morgan fingerprint density at radius 2 is 2.24 bits per heavy atom. The van der Waals surface area contributed by atoms with E-state index in [1.165, 1.54) is 0 Å². The van der Waals surface area contributed by atoms with Gasteiger partial charge in [0.05, 0.1) is 11.8 Å². The molecule has 0 saturated heterocycles. The molecule has 2 rings (SSSR count).